The number of nitrogens with zero attached hydrogens (tertiary/aromatic N) is 1. The summed E-state index contributed by atoms with van der Waals surface area (Å²) in [6.45, 7) is 2.49. The Hall–Kier alpha value is -3.63. The number of carbonyl (C=O) groups excluding carboxylic acids is 1. The number of rotatable bonds is 9. The molecule has 8 nitrogen and oxygen atoms in total. The number of nitrogens with one attached hydrogen (secondary N) is 1. The Kier molecular flexibility index (Phi) is 8.07. The van der Waals surface area contributed by atoms with Crippen LogP contribution in [-0.2, 0) is 6.61 Å². The van der Waals surface area contributed by atoms with Crippen molar-refractivity contribution in [1.82, 2.24) is 5.43 Å². The van der Waals surface area contributed by atoms with Gasteiger partial charge in [-0.3, -0.25) is 4.79 Å². The van der Waals surface area contributed by atoms with E-state index in [2.05, 4.69) is 42.4 Å². The molecule has 0 saturated heterocycles. The van der Waals surface area contributed by atoms with E-state index in [1.807, 2.05) is 19.1 Å². The van der Waals surface area contributed by atoms with E-state index < -0.39 is 11.9 Å². The van der Waals surface area contributed by atoms with Crippen molar-refractivity contribution in [3.8, 4) is 11.5 Å². The normalized spacial score (nSPS) is 11.1. The van der Waals surface area contributed by atoms with Crippen LogP contribution in [0, 0.1) is 0 Å². The van der Waals surface area contributed by atoms with Gasteiger partial charge in [0.15, 0.2) is 17.3 Å². The van der Waals surface area contributed by atoms with Gasteiger partial charge in [-0.1, -0.05) is 28.1 Å². The second-order valence-electron chi connectivity index (χ2n) is 7.55. The van der Waals surface area contributed by atoms with Crippen molar-refractivity contribution in [2.24, 2.45) is 5.10 Å². The van der Waals surface area contributed by atoms with E-state index in [4.69, 9.17) is 19.0 Å². The van der Waals surface area contributed by atoms with Gasteiger partial charge in [0.05, 0.1) is 22.9 Å². The van der Waals surface area contributed by atoms with Gasteiger partial charge in [0, 0.05) is 9.86 Å². The van der Waals surface area contributed by atoms with Crippen LogP contribution in [0.15, 0.2) is 79.1 Å². The predicted octanol–water partition coefficient (Wildman–Crippen LogP) is 6.40. The molecule has 36 heavy (non-hydrogen) atoms. The summed E-state index contributed by atoms with van der Waals surface area (Å²) >= 11 is 6.90. The average Bonchev–Trinajstić information content (AvgIpc) is 3.27. The van der Waals surface area contributed by atoms with Gasteiger partial charge < -0.3 is 19.0 Å². The monoisotopic (exact) mass is 614 g/mol. The van der Waals surface area contributed by atoms with Crippen LogP contribution in [0.4, 0.5) is 0 Å². The van der Waals surface area contributed by atoms with Crippen molar-refractivity contribution in [3.63, 3.8) is 0 Å². The average molecular weight is 616 g/mol. The maximum Gasteiger partial charge on any atom is 0.335 e. The van der Waals surface area contributed by atoms with Crippen LogP contribution in [0.5, 0.6) is 11.5 Å². The van der Waals surface area contributed by atoms with E-state index in [9.17, 15) is 9.59 Å². The highest BCUT2D eigenvalue weighted by Gasteiger charge is 2.14. The highest BCUT2D eigenvalue weighted by Crippen LogP contribution is 2.37. The third-order valence-electron chi connectivity index (χ3n) is 5.00. The number of benzene rings is 3. The molecule has 1 amide bonds. The van der Waals surface area contributed by atoms with Gasteiger partial charge in [-0.2, -0.15) is 5.10 Å². The first-order chi connectivity index (χ1) is 17.3. The Bertz CT molecular complexity index is 1450. The van der Waals surface area contributed by atoms with Gasteiger partial charge in [0.25, 0.3) is 0 Å². The Morgan fingerprint density at radius 2 is 1.83 bits per heavy atom. The number of amides is 1. The highest BCUT2D eigenvalue weighted by atomic mass is 79.9. The number of carbonyl (C=O) groups is 2. The van der Waals surface area contributed by atoms with Crippen molar-refractivity contribution in [2.75, 3.05) is 6.61 Å². The largest absolute Gasteiger partial charge is 0.490 e. The Labute approximate surface area is 223 Å². The van der Waals surface area contributed by atoms with Crippen LogP contribution in [0.25, 0.3) is 11.0 Å². The second kappa shape index (κ2) is 11.4. The molecule has 0 atom stereocenters. The number of ether oxygens (including phenoxy) is 2. The number of halogens is 2. The topological polar surface area (TPSA) is 110 Å². The van der Waals surface area contributed by atoms with Crippen LogP contribution in [0.1, 0.15) is 39.0 Å². The number of fused-ring (bicyclic) bond motifs is 1. The lowest BCUT2D eigenvalue weighted by Gasteiger charge is -2.14. The quantitative estimate of drug-likeness (QED) is 0.167. The standard InChI is InChI=1S/C26H20Br2N2O6/c1-2-34-22-10-16(9-20(28)24(22)35-14-15-3-5-17(6-4-15)26(32)33)13-29-30-25(31)23-12-18-11-19(27)7-8-21(18)36-23/h3-13H,2,14H2,1H3,(H,30,31)(H,32,33)/b29-13+. The van der Waals surface area contributed by atoms with Gasteiger partial charge in [0.1, 0.15) is 12.2 Å². The molecular weight excluding hydrogens is 596 g/mol. The summed E-state index contributed by atoms with van der Waals surface area (Å²) < 4.78 is 18.8. The zero-order valence-electron chi connectivity index (χ0n) is 19.0. The predicted molar refractivity (Wildman–Crippen MR) is 142 cm³/mol. The van der Waals surface area contributed by atoms with Crippen molar-refractivity contribution in [1.29, 1.82) is 0 Å². The SMILES string of the molecule is CCOc1cc(/C=N/NC(=O)c2cc3cc(Br)ccc3o2)cc(Br)c1OCc1ccc(C(=O)O)cc1. The van der Waals surface area contributed by atoms with Crippen molar-refractivity contribution >= 4 is 60.9 Å². The van der Waals surface area contributed by atoms with E-state index in [0.717, 1.165) is 15.4 Å². The smallest absolute Gasteiger partial charge is 0.335 e. The molecular formula is C26H20Br2N2O6. The lowest BCUT2D eigenvalue weighted by molar-refractivity contribution is 0.0696. The number of furan rings is 1. The van der Waals surface area contributed by atoms with Gasteiger partial charge in [0.2, 0.25) is 0 Å². The maximum atomic E-state index is 12.4. The van der Waals surface area contributed by atoms with E-state index >= 15 is 0 Å². The molecule has 0 bridgehead atoms. The molecule has 184 valence electrons. The van der Waals surface area contributed by atoms with Crippen LogP contribution in [0.2, 0.25) is 0 Å². The molecule has 4 aromatic rings. The third kappa shape index (κ3) is 6.13. The zero-order valence-corrected chi connectivity index (χ0v) is 22.1. The first kappa shape index (κ1) is 25.5. The Balaban J connectivity index is 1.45. The molecule has 0 aliphatic carbocycles. The lowest BCUT2D eigenvalue weighted by Crippen LogP contribution is -2.16. The molecule has 2 N–H and O–H groups in total. The number of hydrazone groups is 1. The summed E-state index contributed by atoms with van der Waals surface area (Å²) in [5.74, 6) is -0.324. The Morgan fingerprint density at radius 1 is 1.06 bits per heavy atom. The molecule has 4 rings (SSSR count). The molecule has 0 radical (unpaired) electrons. The van der Waals surface area contributed by atoms with Crippen LogP contribution in [-0.4, -0.2) is 29.8 Å². The summed E-state index contributed by atoms with van der Waals surface area (Å²) in [6, 6.07) is 17.1. The summed E-state index contributed by atoms with van der Waals surface area (Å²) in [7, 11) is 0. The van der Waals surface area contributed by atoms with Gasteiger partial charge in [-0.25, -0.2) is 10.2 Å². The highest BCUT2D eigenvalue weighted by molar-refractivity contribution is 9.10. The minimum Gasteiger partial charge on any atom is -0.490 e. The number of carboxylic acids is 1. The molecule has 0 fully saturated rings. The minimum absolute atomic E-state index is 0.150. The van der Waals surface area contributed by atoms with Crippen LogP contribution in [0.3, 0.4) is 0 Å². The molecule has 0 aliphatic rings. The van der Waals surface area contributed by atoms with Crippen LogP contribution < -0.4 is 14.9 Å². The second-order valence-corrected chi connectivity index (χ2v) is 9.32. The van der Waals surface area contributed by atoms with Crippen molar-refractivity contribution < 1.29 is 28.6 Å². The number of hydrogen-bond donors (Lipinski definition) is 2. The summed E-state index contributed by atoms with van der Waals surface area (Å²) in [5.41, 5.74) is 4.74. The third-order valence-corrected chi connectivity index (χ3v) is 6.08. The van der Waals surface area contributed by atoms with Gasteiger partial charge >= 0.3 is 11.9 Å². The molecule has 0 aliphatic heterocycles. The fourth-order valence-electron chi connectivity index (χ4n) is 3.31. The molecule has 0 spiro atoms. The molecule has 3 aromatic carbocycles. The lowest BCUT2D eigenvalue weighted by atomic mass is 10.1. The first-order valence-corrected chi connectivity index (χ1v) is 12.4. The van der Waals surface area contributed by atoms with Crippen molar-refractivity contribution in [2.45, 2.75) is 13.5 Å². The first-order valence-electron chi connectivity index (χ1n) is 10.8. The van der Waals surface area contributed by atoms with E-state index in [-0.39, 0.29) is 17.9 Å². The van der Waals surface area contributed by atoms with E-state index in [1.54, 1.807) is 36.4 Å². The van der Waals surface area contributed by atoms with E-state index in [0.29, 0.717) is 33.7 Å². The summed E-state index contributed by atoms with van der Waals surface area (Å²) in [5, 5.41) is 13.9. The fraction of sp³-hybridized carbons (Fsp3) is 0.115. The number of carboxylic acid groups (broad SMARTS) is 1. The summed E-state index contributed by atoms with van der Waals surface area (Å²) in [4.78, 5) is 23.5. The number of hydrogen-bond acceptors (Lipinski definition) is 6. The minimum atomic E-state index is -0.983. The fourth-order valence-corrected chi connectivity index (χ4v) is 4.26. The maximum absolute atomic E-state index is 12.4. The molecule has 1 aromatic heterocycles. The molecule has 0 saturated carbocycles. The van der Waals surface area contributed by atoms with E-state index in [1.165, 1.54) is 18.3 Å². The molecule has 0 unspecified atom stereocenters. The summed E-state index contributed by atoms with van der Waals surface area (Å²) in [6.07, 6.45) is 1.48. The van der Waals surface area contributed by atoms with Crippen LogP contribution >= 0.6 is 31.9 Å². The number of aromatic carboxylic acids is 1. The van der Waals surface area contributed by atoms with Crippen molar-refractivity contribution in [3.05, 3.63) is 92.1 Å². The molecule has 10 heteroatoms. The zero-order chi connectivity index (χ0) is 25.7. The Morgan fingerprint density at radius 3 is 2.56 bits per heavy atom. The van der Waals surface area contributed by atoms with Gasteiger partial charge in [-0.15, -0.1) is 0 Å². The van der Waals surface area contributed by atoms with Gasteiger partial charge in [-0.05, 0) is 82.5 Å². The molecule has 1 heterocycles.